The number of hydrogen-bond donors (Lipinski definition) is 1. The van der Waals surface area contributed by atoms with Gasteiger partial charge in [0.2, 0.25) is 11.5 Å². The number of halogens is 2. The van der Waals surface area contributed by atoms with E-state index in [9.17, 15) is 9.18 Å². The molecule has 100 valence electrons. The van der Waals surface area contributed by atoms with Crippen LogP contribution < -0.4 is 4.74 Å². The molecule has 18 heavy (non-hydrogen) atoms. The van der Waals surface area contributed by atoms with E-state index in [0.717, 1.165) is 6.20 Å². The van der Waals surface area contributed by atoms with Gasteiger partial charge in [0.1, 0.15) is 0 Å². The fourth-order valence-electron chi connectivity index (χ4n) is 1.33. The summed E-state index contributed by atoms with van der Waals surface area (Å²) in [7, 11) is 0. The Labute approximate surface area is 110 Å². The maximum absolute atomic E-state index is 13.9. The largest absolute Gasteiger partial charge is 0.478 e. The first-order valence-electron chi connectivity index (χ1n) is 5.43. The van der Waals surface area contributed by atoms with Crippen molar-refractivity contribution in [2.24, 2.45) is 0 Å². The van der Waals surface area contributed by atoms with Crippen molar-refractivity contribution in [1.82, 2.24) is 4.98 Å². The maximum atomic E-state index is 13.9. The van der Waals surface area contributed by atoms with Gasteiger partial charge in [-0.15, -0.1) is 0 Å². The second-order valence-corrected chi connectivity index (χ2v) is 5.12. The average Bonchev–Trinajstić information content (AvgIpc) is 2.22. The molecule has 1 heterocycles. The molecule has 0 aliphatic heterocycles. The van der Waals surface area contributed by atoms with Gasteiger partial charge in [-0.3, -0.25) is 0 Å². The van der Waals surface area contributed by atoms with Crippen LogP contribution in [0.4, 0.5) is 4.39 Å². The molecule has 0 aliphatic rings. The van der Waals surface area contributed by atoms with Crippen molar-refractivity contribution in [3.63, 3.8) is 0 Å². The standard InChI is InChI=1S/C12H15ClFNO3/c1-6(2)8-9(14)7(13)5-15-10(8)18-12(3,4)11(16)17/h5-6H,1-4H3,(H,16,17). The van der Waals surface area contributed by atoms with Crippen molar-refractivity contribution < 1.29 is 19.0 Å². The summed E-state index contributed by atoms with van der Waals surface area (Å²) in [5, 5.41) is 8.87. The molecule has 1 rings (SSSR count). The topological polar surface area (TPSA) is 59.4 Å². The highest BCUT2D eigenvalue weighted by Crippen LogP contribution is 2.32. The lowest BCUT2D eigenvalue weighted by atomic mass is 10.0. The molecular formula is C12H15ClFNO3. The zero-order valence-electron chi connectivity index (χ0n) is 10.6. The molecule has 0 radical (unpaired) electrons. The van der Waals surface area contributed by atoms with Gasteiger partial charge in [0.15, 0.2) is 5.82 Å². The summed E-state index contributed by atoms with van der Waals surface area (Å²) < 4.78 is 19.2. The number of rotatable bonds is 4. The van der Waals surface area contributed by atoms with Crippen LogP contribution in [0.15, 0.2) is 6.20 Å². The molecular weight excluding hydrogens is 261 g/mol. The van der Waals surface area contributed by atoms with Crippen LogP contribution in [0, 0.1) is 5.82 Å². The Kier molecular flexibility index (Phi) is 4.16. The van der Waals surface area contributed by atoms with Gasteiger partial charge >= 0.3 is 5.97 Å². The molecule has 1 aromatic heterocycles. The van der Waals surface area contributed by atoms with Crippen LogP contribution in [0.25, 0.3) is 0 Å². The summed E-state index contributed by atoms with van der Waals surface area (Å²) in [5.74, 6) is -2.05. The smallest absolute Gasteiger partial charge is 0.347 e. The molecule has 0 bridgehead atoms. The third-order valence-electron chi connectivity index (χ3n) is 2.42. The third kappa shape index (κ3) is 2.90. The highest BCUT2D eigenvalue weighted by Gasteiger charge is 2.32. The Morgan fingerprint density at radius 2 is 2.11 bits per heavy atom. The second-order valence-electron chi connectivity index (χ2n) is 4.71. The van der Waals surface area contributed by atoms with Gasteiger partial charge in [0.05, 0.1) is 16.8 Å². The Hall–Kier alpha value is -1.36. The van der Waals surface area contributed by atoms with Gasteiger partial charge in [0.25, 0.3) is 0 Å². The number of hydrogen-bond acceptors (Lipinski definition) is 3. The summed E-state index contributed by atoms with van der Waals surface area (Å²) in [5.41, 5.74) is -1.31. The lowest BCUT2D eigenvalue weighted by molar-refractivity contribution is -0.152. The van der Waals surface area contributed by atoms with E-state index in [4.69, 9.17) is 21.4 Å². The summed E-state index contributed by atoms with van der Waals surface area (Å²) in [4.78, 5) is 14.9. The molecule has 0 spiro atoms. The fourth-order valence-corrected chi connectivity index (χ4v) is 1.48. The molecule has 6 heteroatoms. The van der Waals surface area contributed by atoms with Crippen molar-refractivity contribution in [3.05, 3.63) is 22.6 Å². The minimum atomic E-state index is -1.49. The SMILES string of the molecule is CC(C)c1c(OC(C)(C)C(=O)O)ncc(Cl)c1F. The molecule has 1 aromatic rings. The molecule has 0 aromatic carbocycles. The number of carbonyl (C=O) groups is 1. The van der Waals surface area contributed by atoms with Crippen LogP contribution in [0.1, 0.15) is 39.2 Å². The molecule has 0 amide bonds. The zero-order valence-corrected chi connectivity index (χ0v) is 11.4. The lowest BCUT2D eigenvalue weighted by Gasteiger charge is -2.23. The van der Waals surface area contributed by atoms with Crippen molar-refractivity contribution in [1.29, 1.82) is 0 Å². The molecule has 0 saturated heterocycles. The second kappa shape index (κ2) is 5.10. The summed E-state index contributed by atoms with van der Waals surface area (Å²) >= 11 is 5.65. The van der Waals surface area contributed by atoms with Gasteiger partial charge in [-0.1, -0.05) is 25.4 Å². The van der Waals surface area contributed by atoms with Gasteiger partial charge in [0, 0.05) is 0 Å². The lowest BCUT2D eigenvalue weighted by Crippen LogP contribution is -2.38. The highest BCUT2D eigenvalue weighted by molar-refractivity contribution is 6.30. The molecule has 4 nitrogen and oxygen atoms in total. The number of carboxylic acids is 1. The molecule has 0 fully saturated rings. The van der Waals surface area contributed by atoms with E-state index in [1.807, 2.05) is 0 Å². The number of ether oxygens (including phenoxy) is 1. The van der Waals surface area contributed by atoms with Crippen molar-refractivity contribution in [2.45, 2.75) is 39.2 Å². The summed E-state index contributed by atoms with van der Waals surface area (Å²) in [6, 6.07) is 0. The van der Waals surface area contributed by atoms with E-state index < -0.39 is 17.4 Å². The molecule has 0 atom stereocenters. The fraction of sp³-hybridized carbons (Fsp3) is 0.500. The van der Waals surface area contributed by atoms with Gasteiger partial charge in [-0.05, 0) is 19.8 Å². The maximum Gasteiger partial charge on any atom is 0.347 e. The average molecular weight is 276 g/mol. The Bertz CT molecular complexity index is 475. The predicted molar refractivity (Wildman–Crippen MR) is 65.6 cm³/mol. The van der Waals surface area contributed by atoms with Gasteiger partial charge in [-0.2, -0.15) is 0 Å². The Morgan fingerprint density at radius 3 is 2.56 bits per heavy atom. The minimum absolute atomic E-state index is 0.0423. The number of aromatic nitrogens is 1. The van der Waals surface area contributed by atoms with E-state index >= 15 is 0 Å². The molecule has 0 unspecified atom stereocenters. The molecule has 0 aliphatic carbocycles. The van der Waals surface area contributed by atoms with Crippen molar-refractivity contribution in [3.8, 4) is 5.88 Å². The normalized spacial score (nSPS) is 11.7. The van der Waals surface area contributed by atoms with Crippen LogP contribution in [0.2, 0.25) is 5.02 Å². The van der Waals surface area contributed by atoms with E-state index in [2.05, 4.69) is 4.98 Å². The Morgan fingerprint density at radius 1 is 1.56 bits per heavy atom. The van der Waals surface area contributed by atoms with Crippen molar-refractivity contribution in [2.75, 3.05) is 0 Å². The first-order valence-corrected chi connectivity index (χ1v) is 5.81. The number of aliphatic carboxylic acids is 1. The minimum Gasteiger partial charge on any atom is -0.478 e. The van der Waals surface area contributed by atoms with E-state index in [-0.39, 0.29) is 22.4 Å². The molecule has 1 N–H and O–H groups in total. The number of nitrogens with zero attached hydrogens (tertiary/aromatic N) is 1. The summed E-state index contributed by atoms with van der Waals surface area (Å²) in [6.07, 6.45) is 1.11. The quantitative estimate of drug-likeness (QED) is 0.916. The first-order chi connectivity index (χ1) is 8.16. The first kappa shape index (κ1) is 14.7. The van der Waals surface area contributed by atoms with Crippen LogP contribution in [0.5, 0.6) is 5.88 Å². The van der Waals surface area contributed by atoms with Gasteiger partial charge in [-0.25, -0.2) is 14.2 Å². The number of carboxylic acid groups (broad SMARTS) is 1. The Balaban J connectivity index is 3.26. The van der Waals surface area contributed by atoms with Crippen LogP contribution in [0.3, 0.4) is 0 Å². The van der Waals surface area contributed by atoms with Gasteiger partial charge < -0.3 is 9.84 Å². The van der Waals surface area contributed by atoms with Crippen LogP contribution in [-0.2, 0) is 4.79 Å². The summed E-state index contributed by atoms with van der Waals surface area (Å²) in [6.45, 7) is 6.23. The predicted octanol–water partition coefficient (Wildman–Crippen LogP) is 3.24. The van der Waals surface area contributed by atoms with Crippen LogP contribution >= 0.6 is 11.6 Å². The van der Waals surface area contributed by atoms with E-state index in [0.29, 0.717) is 0 Å². The zero-order chi connectivity index (χ0) is 14.1. The third-order valence-corrected chi connectivity index (χ3v) is 2.68. The molecule has 0 saturated carbocycles. The van der Waals surface area contributed by atoms with E-state index in [1.165, 1.54) is 13.8 Å². The monoisotopic (exact) mass is 275 g/mol. The van der Waals surface area contributed by atoms with E-state index in [1.54, 1.807) is 13.8 Å². The van der Waals surface area contributed by atoms with Crippen LogP contribution in [-0.4, -0.2) is 21.7 Å². The van der Waals surface area contributed by atoms with Crippen molar-refractivity contribution >= 4 is 17.6 Å². The number of pyridine rings is 1. The highest BCUT2D eigenvalue weighted by atomic mass is 35.5.